The fraction of sp³-hybridized carbons (Fsp3) is 0.400. The van der Waals surface area contributed by atoms with E-state index in [2.05, 4.69) is 16.4 Å². The lowest BCUT2D eigenvalue weighted by atomic mass is 9.83. The first kappa shape index (κ1) is 11.3. The van der Waals surface area contributed by atoms with Crippen LogP contribution in [-0.4, -0.2) is 11.5 Å². The van der Waals surface area contributed by atoms with E-state index in [9.17, 15) is 0 Å². The number of hydrogen-bond donors (Lipinski definition) is 2. The summed E-state index contributed by atoms with van der Waals surface area (Å²) in [6.45, 7) is 1.05. The van der Waals surface area contributed by atoms with Crippen molar-refractivity contribution in [3.63, 3.8) is 0 Å². The first-order valence-electron chi connectivity index (χ1n) is 6.71. The molecule has 1 aliphatic carbocycles. The van der Waals surface area contributed by atoms with Crippen molar-refractivity contribution >= 4 is 22.3 Å². The largest absolute Gasteiger partial charge is 0.385 e. The molecule has 0 saturated heterocycles. The maximum atomic E-state index is 5.89. The maximum absolute atomic E-state index is 5.89. The van der Waals surface area contributed by atoms with Crippen molar-refractivity contribution in [2.45, 2.75) is 25.7 Å². The minimum absolute atomic E-state index is 0.607. The molecule has 0 atom stereocenters. The van der Waals surface area contributed by atoms with E-state index in [0.29, 0.717) is 5.82 Å². The Bertz CT molecular complexity index is 546. The Kier molecular flexibility index (Phi) is 3.05. The Labute approximate surface area is 107 Å². The van der Waals surface area contributed by atoms with Gasteiger partial charge in [0.15, 0.2) is 0 Å². The lowest BCUT2D eigenvalue weighted by Gasteiger charge is -2.25. The molecule has 2 aromatic rings. The van der Waals surface area contributed by atoms with Gasteiger partial charge < -0.3 is 11.1 Å². The molecule has 1 aromatic heterocycles. The Hall–Kier alpha value is -1.77. The van der Waals surface area contributed by atoms with Crippen LogP contribution in [0.3, 0.4) is 0 Å². The number of rotatable bonds is 4. The van der Waals surface area contributed by atoms with Gasteiger partial charge in [-0.3, -0.25) is 0 Å². The van der Waals surface area contributed by atoms with Gasteiger partial charge in [0.25, 0.3) is 0 Å². The van der Waals surface area contributed by atoms with Gasteiger partial charge in [0.05, 0.1) is 0 Å². The predicted octanol–water partition coefficient (Wildman–Crippen LogP) is 3.42. The fourth-order valence-electron chi connectivity index (χ4n) is 2.58. The third kappa shape index (κ3) is 2.13. The summed E-state index contributed by atoms with van der Waals surface area (Å²) in [6, 6.07) is 8.20. The molecule has 1 fully saturated rings. The third-order valence-electron chi connectivity index (χ3n) is 3.93. The Morgan fingerprint density at radius 2 is 2.11 bits per heavy atom. The Morgan fingerprint density at radius 3 is 2.89 bits per heavy atom. The summed E-state index contributed by atoms with van der Waals surface area (Å²) >= 11 is 0. The summed E-state index contributed by atoms with van der Waals surface area (Å²) < 4.78 is 0. The van der Waals surface area contributed by atoms with Crippen LogP contribution in [0.1, 0.15) is 25.7 Å². The second-order valence-corrected chi connectivity index (χ2v) is 5.11. The molecular formula is C15H19N3. The molecule has 0 spiro atoms. The van der Waals surface area contributed by atoms with Crippen molar-refractivity contribution in [2.75, 3.05) is 17.6 Å². The van der Waals surface area contributed by atoms with Gasteiger partial charge in [0.2, 0.25) is 0 Å². The number of nitrogens with one attached hydrogen (secondary N) is 1. The number of pyridine rings is 1. The Balaban J connectivity index is 1.76. The number of nitrogens with zero attached hydrogens (tertiary/aromatic N) is 1. The quantitative estimate of drug-likeness (QED) is 0.862. The summed E-state index contributed by atoms with van der Waals surface area (Å²) in [7, 11) is 0. The van der Waals surface area contributed by atoms with E-state index in [4.69, 9.17) is 5.73 Å². The van der Waals surface area contributed by atoms with Crippen molar-refractivity contribution in [1.29, 1.82) is 0 Å². The van der Waals surface area contributed by atoms with E-state index in [0.717, 1.165) is 17.8 Å². The molecule has 3 rings (SSSR count). The lowest BCUT2D eigenvalue weighted by Crippen LogP contribution is -2.15. The van der Waals surface area contributed by atoms with Gasteiger partial charge in [0, 0.05) is 29.2 Å². The van der Waals surface area contributed by atoms with E-state index < -0.39 is 0 Å². The molecule has 3 N–H and O–H groups in total. The molecule has 1 saturated carbocycles. The van der Waals surface area contributed by atoms with Crippen LogP contribution in [0.2, 0.25) is 0 Å². The average Bonchev–Trinajstić information content (AvgIpc) is 2.33. The smallest absolute Gasteiger partial charge is 0.131 e. The first-order chi connectivity index (χ1) is 8.84. The monoisotopic (exact) mass is 241 g/mol. The van der Waals surface area contributed by atoms with Crippen molar-refractivity contribution in [1.82, 2.24) is 4.98 Å². The van der Waals surface area contributed by atoms with Crippen LogP contribution in [0.4, 0.5) is 11.5 Å². The van der Waals surface area contributed by atoms with Gasteiger partial charge in [-0.1, -0.05) is 31.4 Å². The van der Waals surface area contributed by atoms with E-state index in [-0.39, 0.29) is 0 Å². The van der Waals surface area contributed by atoms with Gasteiger partial charge in [-0.2, -0.15) is 0 Å². The van der Waals surface area contributed by atoms with Crippen LogP contribution in [0.15, 0.2) is 30.5 Å². The van der Waals surface area contributed by atoms with E-state index in [1.165, 1.54) is 36.8 Å². The van der Waals surface area contributed by atoms with Crippen LogP contribution in [-0.2, 0) is 0 Å². The molecule has 0 amide bonds. The number of benzene rings is 1. The molecule has 1 heterocycles. The SMILES string of the molecule is Nc1nccc2c(NCCC3CCC3)cccc12. The summed E-state index contributed by atoms with van der Waals surface area (Å²) in [5.74, 6) is 1.55. The Morgan fingerprint density at radius 1 is 1.22 bits per heavy atom. The highest BCUT2D eigenvalue weighted by Crippen LogP contribution is 2.30. The molecule has 3 heteroatoms. The summed E-state index contributed by atoms with van der Waals surface area (Å²) in [4.78, 5) is 4.13. The van der Waals surface area contributed by atoms with E-state index >= 15 is 0 Å². The second kappa shape index (κ2) is 4.84. The zero-order valence-electron chi connectivity index (χ0n) is 10.5. The maximum Gasteiger partial charge on any atom is 0.131 e. The van der Waals surface area contributed by atoms with Gasteiger partial charge >= 0.3 is 0 Å². The molecular weight excluding hydrogens is 222 g/mol. The number of aromatic nitrogens is 1. The number of nitrogen functional groups attached to an aromatic ring is 1. The molecule has 0 bridgehead atoms. The highest BCUT2D eigenvalue weighted by Gasteiger charge is 2.16. The topological polar surface area (TPSA) is 50.9 Å². The molecule has 1 aromatic carbocycles. The fourth-order valence-corrected chi connectivity index (χ4v) is 2.58. The molecule has 0 unspecified atom stereocenters. The molecule has 3 nitrogen and oxygen atoms in total. The summed E-state index contributed by atoms with van der Waals surface area (Å²) in [5, 5.41) is 5.73. The van der Waals surface area contributed by atoms with E-state index in [1.54, 1.807) is 6.20 Å². The highest BCUT2D eigenvalue weighted by molar-refractivity contribution is 5.99. The number of hydrogen-bond acceptors (Lipinski definition) is 3. The van der Waals surface area contributed by atoms with Crippen LogP contribution >= 0.6 is 0 Å². The predicted molar refractivity (Wildman–Crippen MR) is 76.6 cm³/mol. The average molecular weight is 241 g/mol. The highest BCUT2D eigenvalue weighted by atomic mass is 14.9. The molecule has 0 radical (unpaired) electrons. The van der Waals surface area contributed by atoms with Crippen LogP contribution < -0.4 is 11.1 Å². The van der Waals surface area contributed by atoms with Gasteiger partial charge in [-0.15, -0.1) is 0 Å². The zero-order valence-corrected chi connectivity index (χ0v) is 10.5. The summed E-state index contributed by atoms with van der Waals surface area (Å²) in [5.41, 5.74) is 7.06. The molecule has 18 heavy (non-hydrogen) atoms. The van der Waals surface area contributed by atoms with Crippen LogP contribution in [0, 0.1) is 5.92 Å². The molecule has 1 aliphatic rings. The third-order valence-corrected chi connectivity index (χ3v) is 3.93. The number of fused-ring (bicyclic) bond motifs is 1. The van der Waals surface area contributed by atoms with Gasteiger partial charge in [0.1, 0.15) is 5.82 Å². The van der Waals surface area contributed by atoms with E-state index in [1.807, 2.05) is 18.2 Å². The summed E-state index contributed by atoms with van der Waals surface area (Å²) in [6.07, 6.45) is 7.29. The van der Waals surface area contributed by atoms with Gasteiger partial charge in [-0.25, -0.2) is 4.98 Å². The van der Waals surface area contributed by atoms with Crippen molar-refractivity contribution in [2.24, 2.45) is 5.92 Å². The number of anilines is 2. The van der Waals surface area contributed by atoms with Crippen molar-refractivity contribution in [3.8, 4) is 0 Å². The van der Waals surface area contributed by atoms with Crippen molar-refractivity contribution in [3.05, 3.63) is 30.5 Å². The lowest BCUT2D eigenvalue weighted by molar-refractivity contribution is 0.303. The van der Waals surface area contributed by atoms with Crippen LogP contribution in [0.25, 0.3) is 10.8 Å². The van der Waals surface area contributed by atoms with Gasteiger partial charge in [-0.05, 0) is 24.5 Å². The molecule has 94 valence electrons. The first-order valence-corrected chi connectivity index (χ1v) is 6.71. The van der Waals surface area contributed by atoms with Crippen LogP contribution in [0.5, 0.6) is 0 Å². The minimum Gasteiger partial charge on any atom is -0.385 e. The number of nitrogens with two attached hydrogens (primary N) is 1. The minimum atomic E-state index is 0.607. The normalized spacial score (nSPS) is 15.6. The standard InChI is InChI=1S/C15H19N3/c16-15-13-5-2-6-14(12(13)8-10-18-15)17-9-7-11-3-1-4-11/h2,5-6,8,10-11,17H,1,3-4,7,9H2,(H2,16,18). The molecule has 0 aliphatic heterocycles. The zero-order chi connectivity index (χ0) is 12.4. The second-order valence-electron chi connectivity index (χ2n) is 5.11. The van der Waals surface area contributed by atoms with Crippen molar-refractivity contribution < 1.29 is 0 Å².